The monoisotopic (exact) mass is 399 g/mol. The van der Waals surface area contributed by atoms with Crippen molar-refractivity contribution in [2.24, 2.45) is 0 Å². The van der Waals surface area contributed by atoms with Crippen LogP contribution in [0.15, 0.2) is 6.20 Å². The number of halogens is 5. The Hall–Kier alpha value is 0.400. The second-order valence-corrected chi connectivity index (χ2v) is 4.16. The van der Waals surface area contributed by atoms with Crippen molar-refractivity contribution in [1.82, 2.24) is 4.98 Å². The zero-order valence-electron chi connectivity index (χ0n) is 5.49. The molecule has 0 saturated carbocycles. The summed E-state index contributed by atoms with van der Waals surface area (Å²) in [5.41, 5.74) is -0.492. The second kappa shape index (κ2) is 4.07. The molecule has 0 atom stereocenters. The van der Waals surface area contributed by atoms with E-state index in [-0.39, 0.29) is 7.14 Å². The Labute approximate surface area is 94.0 Å². The van der Waals surface area contributed by atoms with Crippen LogP contribution in [-0.2, 0) is 0 Å². The highest BCUT2D eigenvalue weighted by molar-refractivity contribution is 14.1. The van der Waals surface area contributed by atoms with E-state index in [1.807, 2.05) is 0 Å². The lowest BCUT2D eigenvalue weighted by Gasteiger charge is -2.03. The number of hydrogen-bond acceptors (Lipinski definition) is 1. The number of pyridine rings is 1. The third-order valence-corrected chi connectivity index (χ3v) is 2.93. The molecule has 0 aromatic carbocycles. The number of aromatic nitrogens is 1. The first-order chi connectivity index (χ1) is 5.54. The summed E-state index contributed by atoms with van der Waals surface area (Å²) in [6.45, 7) is 0. The Kier molecular flexibility index (Phi) is 3.56. The lowest BCUT2D eigenvalue weighted by atomic mass is 10.3. The number of nitrogens with zero attached hydrogens (tertiary/aromatic N) is 1. The van der Waals surface area contributed by atoms with Gasteiger partial charge in [-0.1, -0.05) is 0 Å². The summed E-state index contributed by atoms with van der Waals surface area (Å²) in [7, 11) is 0. The van der Waals surface area contributed by atoms with Crippen LogP contribution in [0.2, 0.25) is 0 Å². The molecule has 0 aliphatic rings. The van der Waals surface area contributed by atoms with Gasteiger partial charge in [0.1, 0.15) is 5.69 Å². The summed E-state index contributed by atoms with van der Waals surface area (Å²) in [6, 6.07) is 0. The topological polar surface area (TPSA) is 12.9 Å². The van der Waals surface area contributed by atoms with Crippen molar-refractivity contribution in [2.75, 3.05) is 0 Å². The van der Waals surface area contributed by atoms with Crippen LogP contribution in [0.25, 0.3) is 0 Å². The van der Waals surface area contributed by atoms with Crippen LogP contribution in [0.1, 0.15) is 12.1 Å². The largest absolute Gasteiger partial charge is 0.281 e. The van der Waals surface area contributed by atoms with Crippen molar-refractivity contribution < 1.29 is 13.2 Å². The van der Waals surface area contributed by atoms with Gasteiger partial charge in [0, 0.05) is 6.20 Å². The SMILES string of the molecule is Fc1c(I)cnc(C(F)F)c1I. The highest BCUT2D eigenvalue weighted by atomic mass is 127. The maximum absolute atomic E-state index is 13.0. The Morgan fingerprint density at radius 3 is 2.42 bits per heavy atom. The van der Waals surface area contributed by atoms with Gasteiger partial charge in [-0.15, -0.1) is 0 Å². The van der Waals surface area contributed by atoms with Crippen LogP contribution in [0, 0.1) is 13.0 Å². The molecular formula is C6H2F3I2N. The Balaban J connectivity index is 3.27. The van der Waals surface area contributed by atoms with Crippen LogP contribution in [-0.4, -0.2) is 4.98 Å². The van der Waals surface area contributed by atoms with Gasteiger partial charge in [-0.25, -0.2) is 13.2 Å². The van der Waals surface area contributed by atoms with Gasteiger partial charge >= 0.3 is 0 Å². The van der Waals surface area contributed by atoms with Gasteiger partial charge in [-0.05, 0) is 45.2 Å². The molecule has 66 valence electrons. The maximum atomic E-state index is 13.0. The van der Waals surface area contributed by atoms with Crippen LogP contribution < -0.4 is 0 Å². The van der Waals surface area contributed by atoms with Crippen LogP contribution in [0.3, 0.4) is 0 Å². The molecule has 0 N–H and O–H groups in total. The maximum Gasteiger partial charge on any atom is 0.281 e. The molecule has 0 aliphatic carbocycles. The van der Waals surface area contributed by atoms with Crippen molar-refractivity contribution in [1.29, 1.82) is 0 Å². The molecule has 0 radical (unpaired) electrons. The minimum atomic E-state index is -2.72. The van der Waals surface area contributed by atoms with E-state index in [9.17, 15) is 13.2 Å². The van der Waals surface area contributed by atoms with Crippen LogP contribution in [0.5, 0.6) is 0 Å². The lowest BCUT2D eigenvalue weighted by Crippen LogP contribution is -1.99. The molecule has 1 aromatic rings. The second-order valence-electron chi connectivity index (χ2n) is 1.92. The summed E-state index contributed by atoms with van der Waals surface area (Å²) < 4.78 is 37.3. The fraction of sp³-hybridized carbons (Fsp3) is 0.167. The quantitative estimate of drug-likeness (QED) is 0.661. The first-order valence-corrected chi connectivity index (χ1v) is 4.97. The third kappa shape index (κ3) is 2.01. The summed E-state index contributed by atoms with van der Waals surface area (Å²) in [4.78, 5) is 3.43. The van der Waals surface area contributed by atoms with Gasteiger partial charge in [0.15, 0.2) is 5.82 Å². The Bertz CT molecular complexity index is 303. The Morgan fingerprint density at radius 1 is 1.33 bits per heavy atom. The zero-order valence-corrected chi connectivity index (χ0v) is 9.81. The first kappa shape index (κ1) is 10.5. The van der Waals surface area contributed by atoms with E-state index in [2.05, 4.69) is 4.98 Å². The summed E-state index contributed by atoms with van der Waals surface area (Å²) >= 11 is 3.23. The Morgan fingerprint density at radius 2 is 1.92 bits per heavy atom. The van der Waals surface area contributed by atoms with E-state index >= 15 is 0 Å². The average molecular weight is 399 g/mol. The number of hydrogen-bond donors (Lipinski definition) is 0. The summed E-state index contributed by atoms with van der Waals surface area (Å²) in [5.74, 6) is -0.624. The zero-order chi connectivity index (χ0) is 9.30. The van der Waals surface area contributed by atoms with Crippen LogP contribution in [0.4, 0.5) is 13.2 Å². The van der Waals surface area contributed by atoms with Gasteiger partial charge < -0.3 is 0 Å². The van der Waals surface area contributed by atoms with Crippen molar-refractivity contribution in [3.05, 3.63) is 24.8 Å². The predicted molar refractivity (Wildman–Crippen MR) is 54.6 cm³/mol. The molecule has 12 heavy (non-hydrogen) atoms. The molecule has 0 fully saturated rings. The van der Waals surface area contributed by atoms with Crippen molar-refractivity contribution in [3.8, 4) is 0 Å². The van der Waals surface area contributed by atoms with E-state index in [4.69, 9.17) is 0 Å². The van der Waals surface area contributed by atoms with E-state index in [1.54, 1.807) is 22.6 Å². The van der Waals surface area contributed by atoms with Crippen molar-refractivity contribution >= 4 is 45.2 Å². The van der Waals surface area contributed by atoms with E-state index < -0.39 is 17.9 Å². The molecule has 1 rings (SSSR count). The molecule has 1 nitrogen and oxygen atoms in total. The van der Waals surface area contributed by atoms with Crippen molar-refractivity contribution in [2.45, 2.75) is 6.43 Å². The van der Waals surface area contributed by atoms with Gasteiger partial charge in [-0.2, -0.15) is 0 Å². The standard InChI is InChI=1S/C6H2F3I2N/c7-3-2(10)1-12-5(4(3)11)6(8)9/h1,6H. The molecule has 6 heteroatoms. The smallest absolute Gasteiger partial charge is 0.253 e. The third-order valence-electron chi connectivity index (χ3n) is 1.15. The molecule has 1 aromatic heterocycles. The summed E-state index contributed by atoms with van der Waals surface area (Å²) in [6.07, 6.45) is -1.62. The predicted octanol–water partition coefficient (Wildman–Crippen LogP) is 3.37. The van der Waals surface area contributed by atoms with Crippen LogP contribution >= 0.6 is 45.2 Å². The molecule has 1 heterocycles. The van der Waals surface area contributed by atoms with Gasteiger partial charge in [0.25, 0.3) is 6.43 Å². The highest BCUT2D eigenvalue weighted by Gasteiger charge is 2.17. The molecule has 0 bridgehead atoms. The fourth-order valence-electron chi connectivity index (χ4n) is 0.609. The fourth-order valence-corrected chi connectivity index (χ4v) is 2.20. The van der Waals surface area contributed by atoms with E-state index in [0.29, 0.717) is 0 Å². The van der Waals surface area contributed by atoms with E-state index in [0.717, 1.165) is 6.20 Å². The van der Waals surface area contributed by atoms with E-state index in [1.165, 1.54) is 22.6 Å². The lowest BCUT2D eigenvalue weighted by molar-refractivity contribution is 0.144. The minimum absolute atomic E-state index is 0.102. The number of alkyl halides is 2. The molecule has 0 spiro atoms. The van der Waals surface area contributed by atoms with Gasteiger partial charge in [0.2, 0.25) is 0 Å². The normalized spacial score (nSPS) is 10.8. The molecule has 0 aliphatic heterocycles. The average Bonchev–Trinajstić information content (AvgIpc) is 2.00. The molecule has 0 unspecified atom stereocenters. The highest BCUT2D eigenvalue weighted by Crippen LogP contribution is 2.26. The van der Waals surface area contributed by atoms with Gasteiger partial charge in [-0.3, -0.25) is 4.98 Å². The van der Waals surface area contributed by atoms with Gasteiger partial charge in [0.05, 0.1) is 7.14 Å². The minimum Gasteiger partial charge on any atom is -0.253 e. The molecule has 0 saturated heterocycles. The van der Waals surface area contributed by atoms with Crippen molar-refractivity contribution in [3.63, 3.8) is 0 Å². The number of rotatable bonds is 1. The summed E-state index contributed by atoms with van der Waals surface area (Å²) in [5, 5.41) is 0. The molecular weight excluding hydrogens is 397 g/mol. The molecule has 0 amide bonds. The first-order valence-electron chi connectivity index (χ1n) is 2.81.